The van der Waals surface area contributed by atoms with Crippen molar-refractivity contribution in [2.75, 3.05) is 26.2 Å². The third-order valence-electron chi connectivity index (χ3n) is 3.56. The molecule has 0 aromatic carbocycles. The minimum Gasteiger partial charge on any atom is -0.352 e. The van der Waals surface area contributed by atoms with Gasteiger partial charge in [-0.15, -0.1) is 12.4 Å². The Balaban J connectivity index is 0.00000162. The summed E-state index contributed by atoms with van der Waals surface area (Å²) in [4.78, 5) is 25.4. The van der Waals surface area contributed by atoms with Gasteiger partial charge in [0.25, 0.3) is 0 Å². The maximum Gasteiger partial charge on any atom is 0.245 e. The summed E-state index contributed by atoms with van der Waals surface area (Å²) < 4.78 is 0. The molecule has 5 nitrogen and oxygen atoms in total. The van der Waals surface area contributed by atoms with Crippen LogP contribution in [0.25, 0.3) is 0 Å². The van der Waals surface area contributed by atoms with Gasteiger partial charge in [0.2, 0.25) is 11.8 Å². The number of piperazine rings is 1. The lowest BCUT2D eigenvalue weighted by Crippen LogP contribution is -2.64. The SMILES string of the molecule is CC1(C)C(=O)NCCN1C(=O)CNCC1CC1.Cl. The minimum atomic E-state index is -0.726. The molecule has 0 radical (unpaired) electrons. The number of nitrogens with zero attached hydrogens (tertiary/aromatic N) is 1. The van der Waals surface area contributed by atoms with Gasteiger partial charge in [-0.05, 0) is 39.2 Å². The molecule has 0 unspecified atom stereocenters. The predicted molar refractivity (Wildman–Crippen MR) is 71.6 cm³/mol. The van der Waals surface area contributed by atoms with E-state index in [1.807, 2.05) is 0 Å². The van der Waals surface area contributed by atoms with E-state index >= 15 is 0 Å². The van der Waals surface area contributed by atoms with Crippen LogP contribution in [0, 0.1) is 5.92 Å². The molecule has 1 saturated heterocycles. The third kappa shape index (κ3) is 3.36. The largest absolute Gasteiger partial charge is 0.352 e. The van der Waals surface area contributed by atoms with E-state index in [2.05, 4.69) is 10.6 Å². The Morgan fingerprint density at radius 2 is 2.17 bits per heavy atom. The van der Waals surface area contributed by atoms with Crippen molar-refractivity contribution in [3.05, 3.63) is 0 Å². The van der Waals surface area contributed by atoms with Crippen molar-refractivity contribution in [2.45, 2.75) is 32.2 Å². The second-order valence-electron chi connectivity index (χ2n) is 5.43. The van der Waals surface area contributed by atoms with Gasteiger partial charge >= 0.3 is 0 Å². The number of nitrogens with one attached hydrogen (secondary N) is 2. The summed E-state index contributed by atoms with van der Waals surface area (Å²) in [5.74, 6) is 0.713. The molecule has 6 heteroatoms. The molecule has 0 spiro atoms. The van der Waals surface area contributed by atoms with Crippen LogP contribution in [-0.2, 0) is 9.59 Å². The molecule has 1 saturated carbocycles. The Morgan fingerprint density at radius 1 is 1.50 bits per heavy atom. The van der Waals surface area contributed by atoms with Crippen molar-refractivity contribution >= 4 is 24.2 Å². The molecule has 1 aliphatic carbocycles. The van der Waals surface area contributed by atoms with E-state index in [-0.39, 0.29) is 24.2 Å². The average molecular weight is 276 g/mol. The summed E-state index contributed by atoms with van der Waals surface area (Å²) in [5, 5.41) is 5.96. The fourth-order valence-electron chi connectivity index (χ4n) is 2.14. The molecule has 2 fully saturated rings. The Labute approximate surface area is 114 Å². The average Bonchev–Trinajstić information content (AvgIpc) is 3.05. The first-order valence-corrected chi connectivity index (χ1v) is 6.31. The van der Waals surface area contributed by atoms with Gasteiger partial charge in [-0.1, -0.05) is 0 Å². The zero-order valence-electron chi connectivity index (χ0n) is 11.0. The van der Waals surface area contributed by atoms with Crippen molar-refractivity contribution in [3.63, 3.8) is 0 Å². The fraction of sp³-hybridized carbons (Fsp3) is 0.833. The van der Waals surface area contributed by atoms with Gasteiger partial charge in [-0.25, -0.2) is 0 Å². The zero-order chi connectivity index (χ0) is 12.5. The number of hydrogen-bond donors (Lipinski definition) is 2. The second-order valence-corrected chi connectivity index (χ2v) is 5.43. The highest BCUT2D eigenvalue weighted by atomic mass is 35.5. The van der Waals surface area contributed by atoms with Crippen LogP contribution in [0.3, 0.4) is 0 Å². The molecule has 18 heavy (non-hydrogen) atoms. The van der Waals surface area contributed by atoms with Crippen molar-refractivity contribution in [1.29, 1.82) is 0 Å². The van der Waals surface area contributed by atoms with E-state index in [4.69, 9.17) is 0 Å². The molecular formula is C12H22ClN3O2. The van der Waals surface area contributed by atoms with Crippen LogP contribution in [-0.4, -0.2) is 48.4 Å². The highest BCUT2D eigenvalue weighted by Gasteiger charge is 2.40. The van der Waals surface area contributed by atoms with Crippen LogP contribution >= 0.6 is 12.4 Å². The molecule has 1 aliphatic heterocycles. The number of carbonyl (C=O) groups is 2. The van der Waals surface area contributed by atoms with Crippen LogP contribution in [0.15, 0.2) is 0 Å². The lowest BCUT2D eigenvalue weighted by atomic mass is 9.99. The molecule has 0 bridgehead atoms. The minimum absolute atomic E-state index is 0. The summed E-state index contributed by atoms with van der Waals surface area (Å²) in [6.07, 6.45) is 2.55. The smallest absolute Gasteiger partial charge is 0.245 e. The molecule has 2 aliphatic rings. The Hall–Kier alpha value is -0.810. The van der Waals surface area contributed by atoms with E-state index < -0.39 is 5.54 Å². The monoisotopic (exact) mass is 275 g/mol. The van der Waals surface area contributed by atoms with Crippen LogP contribution < -0.4 is 10.6 Å². The van der Waals surface area contributed by atoms with Crippen LogP contribution in [0.2, 0.25) is 0 Å². The standard InChI is InChI=1S/C12H21N3O2.ClH/c1-12(2)11(17)14-5-6-15(12)10(16)8-13-7-9-3-4-9;/h9,13H,3-8H2,1-2H3,(H,14,17);1H. The third-order valence-corrected chi connectivity index (χ3v) is 3.56. The normalized spacial score (nSPS) is 22.1. The molecule has 0 aromatic heterocycles. The molecule has 1 heterocycles. The fourth-order valence-corrected chi connectivity index (χ4v) is 2.14. The summed E-state index contributed by atoms with van der Waals surface area (Å²) >= 11 is 0. The molecule has 2 rings (SSSR count). The number of hydrogen-bond acceptors (Lipinski definition) is 3. The van der Waals surface area contributed by atoms with Crippen LogP contribution in [0.4, 0.5) is 0 Å². The number of amides is 2. The van der Waals surface area contributed by atoms with Crippen LogP contribution in [0.1, 0.15) is 26.7 Å². The molecule has 0 atom stereocenters. The van der Waals surface area contributed by atoms with E-state index in [0.29, 0.717) is 19.6 Å². The van der Waals surface area contributed by atoms with Gasteiger partial charge in [0.15, 0.2) is 0 Å². The van der Waals surface area contributed by atoms with Gasteiger partial charge in [0, 0.05) is 13.1 Å². The lowest BCUT2D eigenvalue weighted by Gasteiger charge is -2.41. The van der Waals surface area contributed by atoms with E-state index in [1.54, 1.807) is 18.7 Å². The Bertz CT molecular complexity index is 329. The van der Waals surface area contributed by atoms with E-state index in [9.17, 15) is 9.59 Å². The number of halogens is 1. The van der Waals surface area contributed by atoms with Gasteiger partial charge < -0.3 is 15.5 Å². The van der Waals surface area contributed by atoms with Gasteiger partial charge in [0.1, 0.15) is 5.54 Å². The molecule has 104 valence electrons. The van der Waals surface area contributed by atoms with Crippen molar-refractivity contribution in [1.82, 2.24) is 15.5 Å². The lowest BCUT2D eigenvalue weighted by molar-refractivity contribution is -0.148. The van der Waals surface area contributed by atoms with Crippen LogP contribution in [0.5, 0.6) is 0 Å². The topological polar surface area (TPSA) is 61.4 Å². The van der Waals surface area contributed by atoms with Gasteiger partial charge in [-0.3, -0.25) is 9.59 Å². The Kier molecular flexibility index (Phi) is 4.99. The molecule has 2 amide bonds. The summed E-state index contributed by atoms with van der Waals surface area (Å²) in [6, 6.07) is 0. The van der Waals surface area contributed by atoms with E-state index in [0.717, 1.165) is 12.5 Å². The first-order chi connectivity index (χ1) is 8.01. The highest BCUT2D eigenvalue weighted by Crippen LogP contribution is 2.27. The van der Waals surface area contributed by atoms with Gasteiger partial charge in [0.05, 0.1) is 6.54 Å². The first-order valence-electron chi connectivity index (χ1n) is 6.31. The Morgan fingerprint density at radius 3 is 2.78 bits per heavy atom. The summed E-state index contributed by atoms with van der Waals surface area (Å²) in [6.45, 7) is 6.00. The number of rotatable bonds is 4. The molecule has 2 N–H and O–H groups in total. The summed E-state index contributed by atoms with van der Waals surface area (Å²) in [5.41, 5.74) is -0.726. The van der Waals surface area contributed by atoms with Gasteiger partial charge in [-0.2, -0.15) is 0 Å². The maximum atomic E-state index is 12.0. The predicted octanol–water partition coefficient (Wildman–Crippen LogP) is 0.145. The summed E-state index contributed by atoms with van der Waals surface area (Å²) in [7, 11) is 0. The highest BCUT2D eigenvalue weighted by molar-refractivity contribution is 5.92. The second kappa shape index (κ2) is 5.89. The quantitative estimate of drug-likeness (QED) is 0.768. The maximum absolute atomic E-state index is 12.0. The number of carbonyl (C=O) groups excluding carboxylic acids is 2. The van der Waals surface area contributed by atoms with Crippen molar-refractivity contribution < 1.29 is 9.59 Å². The van der Waals surface area contributed by atoms with E-state index in [1.165, 1.54) is 12.8 Å². The first kappa shape index (κ1) is 15.2. The van der Waals surface area contributed by atoms with Crippen molar-refractivity contribution in [3.8, 4) is 0 Å². The molecular weight excluding hydrogens is 254 g/mol. The van der Waals surface area contributed by atoms with Crippen molar-refractivity contribution in [2.24, 2.45) is 5.92 Å². The zero-order valence-corrected chi connectivity index (χ0v) is 11.8. The molecule has 0 aromatic rings.